The van der Waals surface area contributed by atoms with Crippen molar-refractivity contribution in [3.05, 3.63) is 20.8 Å². The van der Waals surface area contributed by atoms with Gasteiger partial charge < -0.3 is 5.32 Å². The van der Waals surface area contributed by atoms with Crippen molar-refractivity contribution in [3.63, 3.8) is 0 Å². The molecular weight excluding hydrogens is 402 g/mol. The molecule has 1 amide bonds. The number of nitrogens with zero attached hydrogens (tertiary/aromatic N) is 2. The molecule has 1 N–H and O–H groups in total. The molecule has 158 valence electrons. The quantitative estimate of drug-likeness (QED) is 0.514. The Hall–Kier alpha value is -1.34. The van der Waals surface area contributed by atoms with Gasteiger partial charge in [0.25, 0.3) is 5.56 Å². The van der Waals surface area contributed by atoms with Gasteiger partial charge >= 0.3 is 0 Å². The van der Waals surface area contributed by atoms with Gasteiger partial charge in [-0.1, -0.05) is 38.5 Å². The normalized spacial score (nSPS) is 17.2. The number of amides is 1. The maximum Gasteiger partial charge on any atom is 0.263 e. The van der Waals surface area contributed by atoms with E-state index in [1.54, 1.807) is 11.3 Å². The summed E-state index contributed by atoms with van der Waals surface area (Å²) in [5, 5.41) is 4.68. The predicted octanol–water partition coefficient (Wildman–Crippen LogP) is 4.53. The average Bonchev–Trinajstić information content (AvgIpc) is 3.32. The van der Waals surface area contributed by atoms with Crippen molar-refractivity contribution in [2.24, 2.45) is 5.92 Å². The van der Waals surface area contributed by atoms with Crippen LogP contribution in [-0.2, 0) is 24.2 Å². The van der Waals surface area contributed by atoms with E-state index < -0.39 is 0 Å². The highest BCUT2D eigenvalue weighted by Gasteiger charge is 2.23. The number of carbonyl (C=O) groups is 1. The van der Waals surface area contributed by atoms with E-state index in [0.29, 0.717) is 29.4 Å². The summed E-state index contributed by atoms with van der Waals surface area (Å²) in [5.41, 5.74) is 1.33. The summed E-state index contributed by atoms with van der Waals surface area (Å²) >= 11 is 3.09. The summed E-state index contributed by atoms with van der Waals surface area (Å²) in [5.74, 6) is 0.885. The third kappa shape index (κ3) is 4.71. The van der Waals surface area contributed by atoms with Gasteiger partial charge in [0.15, 0.2) is 5.16 Å². The number of fused-ring (bicyclic) bond motifs is 3. The lowest BCUT2D eigenvalue weighted by Crippen LogP contribution is -2.34. The van der Waals surface area contributed by atoms with Gasteiger partial charge in [-0.3, -0.25) is 14.2 Å². The van der Waals surface area contributed by atoms with Crippen LogP contribution >= 0.6 is 23.1 Å². The number of carbonyl (C=O) groups excluding carboxylic acids is 1. The molecular formula is C22H31N3O2S2. The standard InChI is InChI=1S/C22H31N3O2S2/c1-14(2)11-12-25-21(27)19-16-9-5-6-10-17(16)29-20(19)24-22(25)28-13-18(26)23-15-7-3-4-8-15/h14-15H,3-13H2,1-2H3,(H,23,26). The second-order valence-electron chi connectivity index (χ2n) is 8.76. The smallest absolute Gasteiger partial charge is 0.263 e. The number of nitrogens with one attached hydrogen (secondary N) is 1. The second-order valence-corrected chi connectivity index (χ2v) is 10.8. The lowest BCUT2D eigenvalue weighted by Gasteiger charge is -2.15. The monoisotopic (exact) mass is 433 g/mol. The lowest BCUT2D eigenvalue weighted by atomic mass is 9.97. The molecule has 2 aromatic heterocycles. The fraction of sp³-hybridized carbons (Fsp3) is 0.682. The SMILES string of the molecule is CC(C)CCn1c(SCC(=O)NC2CCCC2)nc2sc3c(c2c1=O)CCCC3. The molecule has 2 aliphatic rings. The van der Waals surface area contributed by atoms with Crippen LogP contribution in [-0.4, -0.2) is 27.3 Å². The molecule has 0 aliphatic heterocycles. The number of rotatable bonds is 7. The van der Waals surface area contributed by atoms with Gasteiger partial charge in [0.2, 0.25) is 5.91 Å². The zero-order valence-corrected chi connectivity index (χ0v) is 19.1. The average molecular weight is 434 g/mol. The number of thioether (sulfide) groups is 1. The summed E-state index contributed by atoms with van der Waals surface area (Å²) in [6, 6.07) is 0.325. The molecule has 29 heavy (non-hydrogen) atoms. The van der Waals surface area contributed by atoms with Gasteiger partial charge in [0, 0.05) is 17.5 Å². The number of hydrogen-bond acceptors (Lipinski definition) is 5. The summed E-state index contributed by atoms with van der Waals surface area (Å²) in [4.78, 5) is 32.9. The Morgan fingerprint density at radius 1 is 1.24 bits per heavy atom. The highest BCUT2D eigenvalue weighted by atomic mass is 32.2. The molecule has 0 bridgehead atoms. The summed E-state index contributed by atoms with van der Waals surface area (Å²) in [6.07, 6.45) is 9.91. The van der Waals surface area contributed by atoms with Crippen LogP contribution in [0, 0.1) is 5.92 Å². The third-order valence-electron chi connectivity index (χ3n) is 6.02. The van der Waals surface area contributed by atoms with Gasteiger partial charge in [-0.05, 0) is 56.4 Å². The van der Waals surface area contributed by atoms with E-state index in [1.165, 1.54) is 41.5 Å². The minimum absolute atomic E-state index is 0.0529. The third-order valence-corrected chi connectivity index (χ3v) is 8.18. The maximum atomic E-state index is 13.4. The van der Waals surface area contributed by atoms with E-state index in [0.717, 1.165) is 48.7 Å². The Bertz CT molecular complexity index is 942. The van der Waals surface area contributed by atoms with Crippen LogP contribution in [0.4, 0.5) is 0 Å². The van der Waals surface area contributed by atoms with Gasteiger partial charge in [-0.2, -0.15) is 0 Å². The second kappa shape index (κ2) is 9.21. The van der Waals surface area contributed by atoms with Crippen molar-refractivity contribution in [2.45, 2.75) is 89.4 Å². The van der Waals surface area contributed by atoms with Gasteiger partial charge in [0.1, 0.15) is 4.83 Å². The first-order valence-corrected chi connectivity index (χ1v) is 12.8. The summed E-state index contributed by atoms with van der Waals surface area (Å²) < 4.78 is 1.83. The van der Waals surface area contributed by atoms with Crippen molar-refractivity contribution in [1.82, 2.24) is 14.9 Å². The number of aromatic nitrogens is 2. The molecule has 7 heteroatoms. The highest BCUT2D eigenvalue weighted by Crippen LogP contribution is 2.34. The molecule has 5 nitrogen and oxygen atoms in total. The molecule has 1 saturated carbocycles. The van der Waals surface area contributed by atoms with E-state index in [-0.39, 0.29) is 11.5 Å². The Kier molecular flexibility index (Phi) is 6.64. The predicted molar refractivity (Wildman–Crippen MR) is 121 cm³/mol. The lowest BCUT2D eigenvalue weighted by molar-refractivity contribution is -0.119. The van der Waals surface area contributed by atoms with Crippen LogP contribution < -0.4 is 10.9 Å². The van der Waals surface area contributed by atoms with Crippen molar-refractivity contribution in [3.8, 4) is 0 Å². The minimum atomic E-state index is 0.0529. The molecule has 0 aromatic carbocycles. The number of hydrogen-bond donors (Lipinski definition) is 1. The van der Waals surface area contributed by atoms with E-state index in [2.05, 4.69) is 19.2 Å². The van der Waals surface area contributed by atoms with Crippen molar-refractivity contribution < 1.29 is 4.79 Å². The molecule has 1 fully saturated rings. The van der Waals surface area contributed by atoms with E-state index >= 15 is 0 Å². The largest absolute Gasteiger partial charge is 0.353 e. The van der Waals surface area contributed by atoms with Crippen LogP contribution in [0.5, 0.6) is 0 Å². The molecule has 2 aromatic rings. The number of thiophene rings is 1. The zero-order chi connectivity index (χ0) is 20.4. The molecule has 0 atom stereocenters. The molecule has 2 aliphatic carbocycles. The van der Waals surface area contributed by atoms with Crippen molar-refractivity contribution in [2.75, 3.05) is 5.75 Å². The van der Waals surface area contributed by atoms with Crippen LogP contribution in [0.2, 0.25) is 0 Å². The van der Waals surface area contributed by atoms with Gasteiger partial charge in [-0.25, -0.2) is 4.98 Å². The fourth-order valence-corrected chi connectivity index (χ4v) is 6.52. The topological polar surface area (TPSA) is 64.0 Å². The molecule has 2 heterocycles. The first-order chi connectivity index (χ1) is 14.0. The summed E-state index contributed by atoms with van der Waals surface area (Å²) in [6.45, 7) is 5.01. The van der Waals surface area contributed by atoms with Crippen LogP contribution in [0.15, 0.2) is 9.95 Å². The molecule has 0 spiro atoms. The molecule has 4 rings (SSSR count). The fourth-order valence-electron chi connectivity index (χ4n) is 4.38. The van der Waals surface area contributed by atoms with Crippen molar-refractivity contribution >= 4 is 39.2 Å². The van der Waals surface area contributed by atoms with Crippen molar-refractivity contribution in [1.29, 1.82) is 0 Å². The molecule has 0 saturated heterocycles. The first kappa shape index (κ1) is 20.9. The highest BCUT2D eigenvalue weighted by molar-refractivity contribution is 7.99. The minimum Gasteiger partial charge on any atom is -0.353 e. The Morgan fingerprint density at radius 2 is 2.00 bits per heavy atom. The van der Waals surface area contributed by atoms with Gasteiger partial charge in [-0.15, -0.1) is 11.3 Å². The Labute approximate surface area is 180 Å². The summed E-state index contributed by atoms with van der Waals surface area (Å²) in [7, 11) is 0. The molecule has 0 radical (unpaired) electrons. The van der Waals surface area contributed by atoms with E-state index in [1.807, 2.05) is 4.57 Å². The Morgan fingerprint density at radius 3 is 2.76 bits per heavy atom. The zero-order valence-electron chi connectivity index (χ0n) is 17.5. The van der Waals surface area contributed by atoms with E-state index in [4.69, 9.17) is 4.98 Å². The molecule has 0 unspecified atom stereocenters. The van der Waals surface area contributed by atoms with Crippen LogP contribution in [0.1, 0.15) is 69.2 Å². The van der Waals surface area contributed by atoms with Crippen LogP contribution in [0.25, 0.3) is 10.2 Å². The van der Waals surface area contributed by atoms with Gasteiger partial charge in [0.05, 0.1) is 11.1 Å². The maximum absolute atomic E-state index is 13.4. The van der Waals surface area contributed by atoms with Crippen LogP contribution in [0.3, 0.4) is 0 Å². The first-order valence-electron chi connectivity index (χ1n) is 11.0. The number of aryl methyl sites for hydroxylation is 2. The Balaban J connectivity index is 1.61. The van der Waals surface area contributed by atoms with E-state index in [9.17, 15) is 9.59 Å².